The third kappa shape index (κ3) is 3.63. The summed E-state index contributed by atoms with van der Waals surface area (Å²) in [6.07, 6.45) is 4.14. The zero-order valence-electron chi connectivity index (χ0n) is 19.4. The molecule has 0 bridgehead atoms. The maximum absolute atomic E-state index is 13.0. The zero-order chi connectivity index (χ0) is 24.0. The second-order valence-electron chi connectivity index (χ2n) is 8.80. The van der Waals surface area contributed by atoms with E-state index >= 15 is 0 Å². The molecule has 11 heteroatoms. The molecule has 0 atom stereocenters. The van der Waals surface area contributed by atoms with Crippen molar-refractivity contribution in [2.75, 3.05) is 19.8 Å². The molecular weight excluding hydrogens is 440 g/mol. The number of nitrogens with two attached hydrogens (primary N) is 1. The third-order valence-electron chi connectivity index (χ3n) is 5.24. The number of carbonyl (C=O) groups is 2. The fraction of sp³-hybridized carbons (Fsp3) is 0.348. The molecule has 0 radical (unpaired) electrons. The SMILES string of the molecule is CCOC(=O)c1cnn2c3c(c(-c4cn(C(=O)OC(C)(C)C)c5ncccc45)nc12)OCC[NH2+]3. The summed E-state index contributed by atoms with van der Waals surface area (Å²) in [5, 5.41) is 7.04. The highest BCUT2D eigenvalue weighted by atomic mass is 16.6. The Labute approximate surface area is 194 Å². The van der Waals surface area contributed by atoms with Gasteiger partial charge in [-0.05, 0) is 39.8 Å². The van der Waals surface area contributed by atoms with E-state index in [1.165, 1.54) is 10.8 Å². The van der Waals surface area contributed by atoms with Gasteiger partial charge in [-0.15, -0.1) is 0 Å². The number of nitrogens with zero attached hydrogens (tertiary/aromatic N) is 5. The van der Waals surface area contributed by atoms with E-state index in [4.69, 9.17) is 19.2 Å². The summed E-state index contributed by atoms with van der Waals surface area (Å²) in [6, 6.07) is 3.64. The Balaban J connectivity index is 1.76. The van der Waals surface area contributed by atoms with E-state index in [0.717, 1.165) is 0 Å². The molecule has 0 spiro atoms. The van der Waals surface area contributed by atoms with Crippen LogP contribution in [0.4, 0.5) is 10.6 Å². The number of esters is 1. The predicted molar refractivity (Wildman–Crippen MR) is 121 cm³/mol. The van der Waals surface area contributed by atoms with Crippen molar-refractivity contribution in [2.24, 2.45) is 0 Å². The number of quaternary nitrogens is 1. The minimum atomic E-state index is -0.677. The van der Waals surface area contributed by atoms with Crippen molar-refractivity contribution in [1.82, 2.24) is 24.1 Å². The van der Waals surface area contributed by atoms with Gasteiger partial charge in [0.15, 0.2) is 5.65 Å². The number of aromatic nitrogens is 5. The highest BCUT2D eigenvalue weighted by Gasteiger charge is 2.31. The predicted octanol–water partition coefficient (Wildman–Crippen LogP) is 2.29. The molecule has 4 aromatic heterocycles. The lowest BCUT2D eigenvalue weighted by Crippen LogP contribution is -2.81. The molecule has 0 unspecified atom stereocenters. The number of pyridine rings is 1. The van der Waals surface area contributed by atoms with Gasteiger partial charge in [0.1, 0.15) is 35.7 Å². The van der Waals surface area contributed by atoms with Gasteiger partial charge in [-0.2, -0.15) is 9.61 Å². The smallest absolute Gasteiger partial charge is 0.420 e. The molecule has 176 valence electrons. The molecule has 1 aliphatic rings. The van der Waals surface area contributed by atoms with Gasteiger partial charge in [0.25, 0.3) is 5.82 Å². The molecule has 0 aliphatic carbocycles. The molecule has 0 fully saturated rings. The minimum Gasteiger partial charge on any atom is -0.479 e. The summed E-state index contributed by atoms with van der Waals surface area (Å²) in [5.41, 5.74) is 1.45. The Morgan fingerprint density at radius 1 is 1.26 bits per heavy atom. The standard InChI is InChI=1S/C23H24N6O5/c1-5-32-21(30)14-11-26-29-19(14)27-16(17-20(29)25-9-10-33-17)15-12-28(22(31)34-23(2,3)4)18-13(15)7-6-8-24-18/h6-8,11-12,25H,5,9-10H2,1-4H3/p+1. The lowest BCUT2D eigenvalue weighted by molar-refractivity contribution is -0.584. The van der Waals surface area contributed by atoms with E-state index in [9.17, 15) is 9.59 Å². The Hall–Kier alpha value is -3.99. The van der Waals surface area contributed by atoms with Crippen LogP contribution < -0.4 is 10.1 Å². The van der Waals surface area contributed by atoms with Crippen LogP contribution in [0.3, 0.4) is 0 Å². The summed E-state index contributed by atoms with van der Waals surface area (Å²) in [6.45, 7) is 8.54. The Morgan fingerprint density at radius 2 is 2.09 bits per heavy atom. The number of carbonyl (C=O) groups excluding carboxylic acids is 2. The maximum Gasteiger partial charge on any atom is 0.420 e. The summed E-state index contributed by atoms with van der Waals surface area (Å²) < 4.78 is 19.7. The monoisotopic (exact) mass is 465 g/mol. The number of hydrogen-bond donors (Lipinski definition) is 1. The van der Waals surface area contributed by atoms with Crippen LogP contribution in [0.1, 0.15) is 38.1 Å². The fourth-order valence-corrected chi connectivity index (χ4v) is 3.91. The van der Waals surface area contributed by atoms with E-state index in [-0.39, 0.29) is 12.2 Å². The topological polar surface area (TPSA) is 126 Å². The van der Waals surface area contributed by atoms with Crippen LogP contribution in [-0.4, -0.2) is 61.6 Å². The van der Waals surface area contributed by atoms with Gasteiger partial charge in [-0.25, -0.2) is 24.1 Å². The first-order chi connectivity index (χ1) is 16.3. The second kappa shape index (κ2) is 8.10. The molecule has 0 saturated heterocycles. The van der Waals surface area contributed by atoms with Crippen LogP contribution in [0.25, 0.3) is 27.9 Å². The number of rotatable bonds is 3. The van der Waals surface area contributed by atoms with Crippen molar-refractivity contribution >= 4 is 34.6 Å². The Morgan fingerprint density at radius 3 is 2.85 bits per heavy atom. The largest absolute Gasteiger partial charge is 0.479 e. The molecule has 5 rings (SSSR count). The van der Waals surface area contributed by atoms with Gasteiger partial charge in [-0.3, -0.25) is 5.32 Å². The van der Waals surface area contributed by atoms with E-state index in [1.807, 2.05) is 11.4 Å². The highest BCUT2D eigenvalue weighted by molar-refractivity contribution is 6.01. The average Bonchev–Trinajstić information content (AvgIpc) is 3.40. The van der Waals surface area contributed by atoms with Gasteiger partial charge in [0.05, 0.1) is 12.8 Å². The van der Waals surface area contributed by atoms with Gasteiger partial charge in [0.2, 0.25) is 5.75 Å². The molecule has 5 heterocycles. The minimum absolute atomic E-state index is 0.234. The summed E-state index contributed by atoms with van der Waals surface area (Å²) in [4.78, 5) is 34.7. The van der Waals surface area contributed by atoms with Crippen LogP contribution in [0.15, 0.2) is 30.7 Å². The molecular formula is C23H25N6O5+. The van der Waals surface area contributed by atoms with Crippen LogP contribution in [0.2, 0.25) is 0 Å². The quantitative estimate of drug-likeness (QED) is 0.457. The van der Waals surface area contributed by atoms with Crippen molar-refractivity contribution in [3.63, 3.8) is 0 Å². The van der Waals surface area contributed by atoms with E-state index in [1.54, 1.807) is 50.7 Å². The van der Waals surface area contributed by atoms with Gasteiger partial charge >= 0.3 is 12.1 Å². The van der Waals surface area contributed by atoms with Crippen LogP contribution >= 0.6 is 0 Å². The number of fused-ring (bicyclic) bond motifs is 4. The molecule has 4 aromatic rings. The first-order valence-electron chi connectivity index (χ1n) is 11.0. The number of hydrogen-bond acceptors (Lipinski definition) is 8. The van der Waals surface area contributed by atoms with Crippen molar-refractivity contribution in [3.8, 4) is 17.0 Å². The molecule has 0 amide bonds. The van der Waals surface area contributed by atoms with E-state index < -0.39 is 17.7 Å². The maximum atomic E-state index is 13.0. The van der Waals surface area contributed by atoms with Crippen molar-refractivity contribution < 1.29 is 29.1 Å². The summed E-state index contributed by atoms with van der Waals surface area (Å²) in [5.74, 6) is 0.693. The molecule has 1 aliphatic heterocycles. The Kier molecular flexibility index (Phi) is 5.20. The van der Waals surface area contributed by atoms with Crippen molar-refractivity contribution in [1.29, 1.82) is 0 Å². The molecule has 34 heavy (non-hydrogen) atoms. The van der Waals surface area contributed by atoms with Gasteiger partial charge in [0, 0.05) is 23.3 Å². The second-order valence-corrected chi connectivity index (χ2v) is 8.80. The molecule has 2 N–H and O–H groups in total. The first kappa shape index (κ1) is 21.8. The van der Waals surface area contributed by atoms with E-state index in [0.29, 0.717) is 52.7 Å². The van der Waals surface area contributed by atoms with Crippen molar-refractivity contribution in [3.05, 3.63) is 36.3 Å². The lowest BCUT2D eigenvalue weighted by Gasteiger charge is -2.19. The molecule has 0 saturated carbocycles. The van der Waals surface area contributed by atoms with Crippen LogP contribution in [0, 0.1) is 0 Å². The molecule has 0 aromatic carbocycles. The average molecular weight is 465 g/mol. The van der Waals surface area contributed by atoms with Crippen molar-refractivity contribution in [2.45, 2.75) is 33.3 Å². The zero-order valence-corrected chi connectivity index (χ0v) is 19.4. The third-order valence-corrected chi connectivity index (χ3v) is 5.24. The van der Waals surface area contributed by atoms with E-state index in [2.05, 4.69) is 10.1 Å². The summed E-state index contributed by atoms with van der Waals surface area (Å²) in [7, 11) is 0. The molecule has 11 nitrogen and oxygen atoms in total. The normalized spacial score (nSPS) is 13.5. The Bertz CT molecular complexity index is 1430. The van der Waals surface area contributed by atoms with Gasteiger partial charge < -0.3 is 14.2 Å². The van der Waals surface area contributed by atoms with Crippen LogP contribution in [-0.2, 0) is 9.47 Å². The number of ether oxygens (including phenoxy) is 3. The van der Waals surface area contributed by atoms with Gasteiger partial charge in [-0.1, -0.05) is 0 Å². The fourth-order valence-electron chi connectivity index (χ4n) is 3.91. The highest BCUT2D eigenvalue weighted by Crippen LogP contribution is 2.39. The van der Waals surface area contributed by atoms with Crippen LogP contribution in [0.5, 0.6) is 5.75 Å². The summed E-state index contributed by atoms with van der Waals surface area (Å²) >= 11 is 0. The first-order valence-corrected chi connectivity index (χ1v) is 11.0. The lowest BCUT2D eigenvalue weighted by atomic mass is 10.1.